The van der Waals surface area contributed by atoms with Crippen LogP contribution in [0.1, 0.15) is 11.1 Å². The maximum atomic E-state index is 6.17. The van der Waals surface area contributed by atoms with Gasteiger partial charge in [0.25, 0.3) is 0 Å². The van der Waals surface area contributed by atoms with E-state index in [0.717, 1.165) is 62.3 Å². The zero-order valence-electron chi connectivity index (χ0n) is 14.4. The number of rotatable bonds is 8. The maximum absolute atomic E-state index is 6.17. The third-order valence-corrected chi connectivity index (χ3v) is 4.66. The molecule has 134 valence electrons. The fourth-order valence-electron chi connectivity index (χ4n) is 2.82. The zero-order chi connectivity index (χ0) is 17.3. The van der Waals surface area contributed by atoms with E-state index in [9.17, 15) is 0 Å². The average molecular weight is 361 g/mol. The van der Waals surface area contributed by atoms with Crippen molar-refractivity contribution < 1.29 is 9.47 Å². The first kappa shape index (κ1) is 18.2. The van der Waals surface area contributed by atoms with Crippen LogP contribution >= 0.6 is 11.6 Å². The van der Waals surface area contributed by atoms with Gasteiger partial charge in [0.2, 0.25) is 0 Å². The molecule has 2 aromatic carbocycles. The Morgan fingerprint density at radius 2 is 1.92 bits per heavy atom. The van der Waals surface area contributed by atoms with Crippen LogP contribution in [0.2, 0.25) is 5.02 Å². The van der Waals surface area contributed by atoms with Gasteiger partial charge < -0.3 is 14.8 Å². The summed E-state index contributed by atoms with van der Waals surface area (Å²) >= 11 is 6.17. The van der Waals surface area contributed by atoms with E-state index in [1.54, 1.807) is 0 Å². The lowest BCUT2D eigenvalue weighted by Crippen LogP contribution is -2.40. The molecule has 1 N–H and O–H groups in total. The normalized spacial score (nSPS) is 15.2. The number of ether oxygens (including phenoxy) is 2. The molecule has 1 aliphatic rings. The first-order valence-electron chi connectivity index (χ1n) is 8.77. The van der Waals surface area contributed by atoms with Gasteiger partial charge in [-0.05, 0) is 23.8 Å². The van der Waals surface area contributed by atoms with Crippen molar-refractivity contribution in [1.82, 2.24) is 10.2 Å². The Balaban J connectivity index is 1.42. The van der Waals surface area contributed by atoms with Crippen molar-refractivity contribution in [1.29, 1.82) is 0 Å². The van der Waals surface area contributed by atoms with E-state index in [1.807, 2.05) is 36.4 Å². The van der Waals surface area contributed by atoms with Crippen LogP contribution in [0.15, 0.2) is 48.5 Å². The Morgan fingerprint density at radius 3 is 2.76 bits per heavy atom. The van der Waals surface area contributed by atoms with Crippen LogP contribution in [0.4, 0.5) is 0 Å². The molecule has 2 aromatic rings. The highest BCUT2D eigenvalue weighted by Gasteiger charge is 2.09. The molecule has 0 amide bonds. The SMILES string of the molecule is Clc1ccccc1COc1cccc(CNCCN2CCOCC2)c1. The number of halogens is 1. The molecule has 0 atom stereocenters. The highest BCUT2D eigenvalue weighted by Crippen LogP contribution is 2.19. The summed E-state index contributed by atoms with van der Waals surface area (Å²) in [6.45, 7) is 7.13. The zero-order valence-corrected chi connectivity index (χ0v) is 15.2. The minimum absolute atomic E-state index is 0.480. The Kier molecular flexibility index (Phi) is 7.12. The molecule has 1 heterocycles. The topological polar surface area (TPSA) is 33.7 Å². The summed E-state index contributed by atoms with van der Waals surface area (Å²) in [7, 11) is 0. The second-order valence-corrected chi connectivity index (χ2v) is 6.57. The van der Waals surface area contributed by atoms with Crippen LogP contribution in [0.3, 0.4) is 0 Å². The second-order valence-electron chi connectivity index (χ2n) is 6.16. The Bertz CT molecular complexity index is 660. The molecule has 25 heavy (non-hydrogen) atoms. The van der Waals surface area contributed by atoms with E-state index < -0.39 is 0 Å². The third kappa shape index (κ3) is 6.01. The lowest BCUT2D eigenvalue weighted by Gasteiger charge is -2.26. The first-order valence-corrected chi connectivity index (χ1v) is 9.15. The summed E-state index contributed by atoms with van der Waals surface area (Å²) < 4.78 is 11.2. The van der Waals surface area contributed by atoms with Crippen LogP contribution in [-0.4, -0.2) is 44.3 Å². The average Bonchev–Trinajstić information content (AvgIpc) is 2.66. The fraction of sp³-hybridized carbons (Fsp3) is 0.400. The maximum Gasteiger partial charge on any atom is 0.120 e. The lowest BCUT2D eigenvalue weighted by atomic mass is 10.2. The van der Waals surface area contributed by atoms with Crippen molar-refractivity contribution in [3.05, 3.63) is 64.7 Å². The molecule has 0 aromatic heterocycles. The number of nitrogens with zero attached hydrogens (tertiary/aromatic N) is 1. The van der Waals surface area contributed by atoms with Crippen molar-refractivity contribution >= 4 is 11.6 Å². The molecule has 0 bridgehead atoms. The van der Waals surface area contributed by atoms with Gasteiger partial charge in [0.15, 0.2) is 0 Å². The van der Waals surface area contributed by atoms with Crippen molar-refractivity contribution in [2.24, 2.45) is 0 Å². The van der Waals surface area contributed by atoms with Gasteiger partial charge in [-0.3, -0.25) is 4.90 Å². The molecule has 0 aliphatic carbocycles. The summed E-state index contributed by atoms with van der Waals surface area (Å²) in [6.07, 6.45) is 0. The highest BCUT2D eigenvalue weighted by molar-refractivity contribution is 6.31. The van der Waals surface area contributed by atoms with E-state index >= 15 is 0 Å². The smallest absolute Gasteiger partial charge is 0.120 e. The quantitative estimate of drug-likeness (QED) is 0.732. The largest absolute Gasteiger partial charge is 0.489 e. The number of nitrogens with one attached hydrogen (secondary N) is 1. The monoisotopic (exact) mass is 360 g/mol. The molecular formula is C20H25ClN2O2. The van der Waals surface area contributed by atoms with Crippen LogP contribution in [0.25, 0.3) is 0 Å². The molecule has 3 rings (SSSR count). The van der Waals surface area contributed by atoms with Crippen LogP contribution < -0.4 is 10.1 Å². The second kappa shape index (κ2) is 9.78. The number of benzene rings is 2. The van der Waals surface area contributed by atoms with Gasteiger partial charge >= 0.3 is 0 Å². The van der Waals surface area contributed by atoms with Gasteiger partial charge in [-0.2, -0.15) is 0 Å². The van der Waals surface area contributed by atoms with E-state index in [0.29, 0.717) is 6.61 Å². The summed E-state index contributed by atoms with van der Waals surface area (Å²) in [5.41, 5.74) is 2.22. The predicted octanol–water partition coefficient (Wildman–Crippen LogP) is 3.34. The Labute approximate surface area is 154 Å². The highest BCUT2D eigenvalue weighted by atomic mass is 35.5. The molecule has 1 fully saturated rings. The molecule has 5 heteroatoms. The van der Waals surface area contributed by atoms with Gasteiger partial charge in [0.1, 0.15) is 12.4 Å². The number of hydrogen-bond donors (Lipinski definition) is 1. The summed E-state index contributed by atoms with van der Waals surface area (Å²) in [6, 6.07) is 16.0. The van der Waals surface area contributed by atoms with Crippen molar-refractivity contribution in [2.75, 3.05) is 39.4 Å². The van der Waals surface area contributed by atoms with Crippen LogP contribution in [0, 0.1) is 0 Å². The number of morpholine rings is 1. The molecular weight excluding hydrogens is 336 g/mol. The van der Waals surface area contributed by atoms with Gasteiger partial charge in [0.05, 0.1) is 13.2 Å². The molecule has 0 spiro atoms. The van der Waals surface area contributed by atoms with E-state index in [4.69, 9.17) is 21.1 Å². The summed E-state index contributed by atoms with van der Waals surface area (Å²) in [5.74, 6) is 0.868. The van der Waals surface area contributed by atoms with Gasteiger partial charge in [-0.25, -0.2) is 0 Å². The van der Waals surface area contributed by atoms with Crippen molar-refractivity contribution in [3.63, 3.8) is 0 Å². The predicted molar refractivity (Wildman–Crippen MR) is 101 cm³/mol. The Hall–Kier alpha value is -1.59. The van der Waals surface area contributed by atoms with E-state index in [2.05, 4.69) is 22.3 Å². The number of hydrogen-bond acceptors (Lipinski definition) is 4. The minimum Gasteiger partial charge on any atom is -0.489 e. The standard InChI is InChI=1S/C20H25ClN2O2/c21-20-7-2-1-5-18(20)16-25-19-6-3-4-17(14-19)15-22-8-9-23-10-12-24-13-11-23/h1-7,14,22H,8-13,15-16H2. The van der Waals surface area contributed by atoms with Crippen molar-refractivity contribution in [3.8, 4) is 5.75 Å². The van der Waals surface area contributed by atoms with Gasteiger partial charge in [0, 0.05) is 43.3 Å². The summed E-state index contributed by atoms with van der Waals surface area (Å²) in [5, 5.41) is 4.24. The molecule has 1 saturated heterocycles. The van der Waals surface area contributed by atoms with Crippen molar-refractivity contribution in [2.45, 2.75) is 13.2 Å². The molecule has 1 aliphatic heterocycles. The molecule has 4 nitrogen and oxygen atoms in total. The first-order chi connectivity index (χ1) is 12.3. The van der Waals surface area contributed by atoms with Crippen LogP contribution in [-0.2, 0) is 17.9 Å². The lowest BCUT2D eigenvalue weighted by molar-refractivity contribution is 0.0384. The van der Waals surface area contributed by atoms with Gasteiger partial charge in [-0.1, -0.05) is 41.9 Å². The third-order valence-electron chi connectivity index (χ3n) is 4.29. The van der Waals surface area contributed by atoms with E-state index in [1.165, 1.54) is 5.56 Å². The minimum atomic E-state index is 0.480. The fourth-order valence-corrected chi connectivity index (χ4v) is 3.01. The summed E-state index contributed by atoms with van der Waals surface area (Å²) in [4.78, 5) is 2.43. The van der Waals surface area contributed by atoms with Gasteiger partial charge in [-0.15, -0.1) is 0 Å². The molecule has 0 saturated carbocycles. The van der Waals surface area contributed by atoms with E-state index in [-0.39, 0.29) is 0 Å². The molecule has 0 radical (unpaired) electrons. The molecule has 0 unspecified atom stereocenters. The Morgan fingerprint density at radius 1 is 1.08 bits per heavy atom. The van der Waals surface area contributed by atoms with Crippen LogP contribution in [0.5, 0.6) is 5.75 Å².